The summed E-state index contributed by atoms with van der Waals surface area (Å²) in [5.41, 5.74) is 11.2. The highest BCUT2D eigenvalue weighted by Crippen LogP contribution is 2.18. The monoisotopic (exact) mass is 726 g/mol. The van der Waals surface area contributed by atoms with Crippen LogP contribution in [0.15, 0.2) is 18.2 Å². The number of benzene rings is 1. The summed E-state index contributed by atoms with van der Waals surface area (Å²) >= 11 is 0. The molecule has 0 heterocycles. The first kappa shape index (κ1) is 50.6. The molecule has 17 heteroatoms. The van der Waals surface area contributed by atoms with Crippen molar-refractivity contribution in [1.82, 2.24) is 26.6 Å². The molecule has 0 bridgehead atoms. The Morgan fingerprint density at radius 1 is 0.863 bits per heavy atom. The van der Waals surface area contributed by atoms with Crippen molar-refractivity contribution in [3.05, 3.63) is 29.3 Å². The average Bonchev–Trinajstić information content (AvgIpc) is 3.10. The Kier molecular flexibility index (Phi) is 31.0. The van der Waals surface area contributed by atoms with Gasteiger partial charge in [-0.1, -0.05) is 68.4 Å². The number of anilines is 1. The van der Waals surface area contributed by atoms with E-state index in [-0.39, 0.29) is 62.5 Å². The van der Waals surface area contributed by atoms with Gasteiger partial charge in [-0.2, -0.15) is 0 Å². The Labute approximate surface area is 302 Å². The van der Waals surface area contributed by atoms with E-state index >= 15 is 0 Å². The van der Waals surface area contributed by atoms with Crippen LogP contribution >= 0.6 is 0 Å². The smallest absolute Gasteiger partial charge is 0.312 e. The number of hydrogen-bond donors (Lipinski definition) is 9. The Balaban J connectivity index is -0.00000139. The number of hydrogen-bond acceptors (Lipinski definition) is 10. The van der Waals surface area contributed by atoms with Gasteiger partial charge >= 0.3 is 18.0 Å². The third kappa shape index (κ3) is 26.7. The molecule has 1 aromatic rings. The Morgan fingerprint density at radius 2 is 1.47 bits per heavy atom. The zero-order chi connectivity index (χ0) is 39.9. The number of ether oxygens (including phenoxy) is 1. The van der Waals surface area contributed by atoms with Crippen LogP contribution in [0.1, 0.15) is 91.1 Å². The maximum Gasteiger partial charge on any atom is 0.312 e. The number of carboxylic acids is 1. The third-order valence-corrected chi connectivity index (χ3v) is 5.99. The summed E-state index contributed by atoms with van der Waals surface area (Å²) < 4.78 is 5.25. The van der Waals surface area contributed by atoms with E-state index in [0.29, 0.717) is 24.3 Å². The van der Waals surface area contributed by atoms with Gasteiger partial charge in [0, 0.05) is 42.9 Å². The largest absolute Gasteiger partial charge is 0.481 e. The molecule has 51 heavy (non-hydrogen) atoms. The van der Waals surface area contributed by atoms with Crippen LogP contribution in [-0.2, 0) is 35.3 Å². The zero-order valence-electron chi connectivity index (χ0n) is 31.7. The molecule has 0 aliphatic rings. The lowest BCUT2D eigenvalue weighted by atomic mass is 10.0. The second-order valence-corrected chi connectivity index (χ2v) is 11.1. The number of urea groups is 1. The second-order valence-electron chi connectivity index (χ2n) is 11.1. The molecule has 11 N–H and O–H groups in total. The van der Waals surface area contributed by atoms with Gasteiger partial charge in [-0.25, -0.2) is 4.79 Å². The van der Waals surface area contributed by atoms with Gasteiger partial charge in [-0.15, -0.1) is 0 Å². The van der Waals surface area contributed by atoms with Crippen molar-refractivity contribution in [2.45, 2.75) is 87.8 Å². The molecule has 1 unspecified atom stereocenters. The number of primary amides is 1. The van der Waals surface area contributed by atoms with Gasteiger partial charge in [0.15, 0.2) is 0 Å². The van der Waals surface area contributed by atoms with Crippen molar-refractivity contribution in [2.75, 3.05) is 44.6 Å². The number of aliphatic carboxylic acids is 1. The molecule has 0 saturated carbocycles. The Morgan fingerprint density at radius 3 is 1.92 bits per heavy atom. The Bertz CT molecular complexity index is 1210. The minimum absolute atomic E-state index is 0.0847. The summed E-state index contributed by atoms with van der Waals surface area (Å²) in [5, 5.41) is 23.5. The molecule has 0 aromatic heterocycles. The van der Waals surface area contributed by atoms with Crippen molar-refractivity contribution in [3.8, 4) is 0 Å². The Hall–Kier alpha value is -4.77. The first-order valence-corrected chi connectivity index (χ1v) is 17.1. The molecule has 1 atom stereocenters. The molecule has 1 rings (SSSR count). The number of esters is 1. The van der Waals surface area contributed by atoms with Crippen LogP contribution in [0.2, 0.25) is 0 Å². The topological polar surface area (TPSA) is 273 Å². The van der Waals surface area contributed by atoms with Crippen LogP contribution in [0.25, 0.3) is 0 Å². The summed E-state index contributed by atoms with van der Waals surface area (Å²) in [5.74, 6) is -3.43. The van der Waals surface area contributed by atoms with E-state index in [4.69, 9.17) is 21.3 Å². The predicted octanol–water partition coefficient (Wildman–Crippen LogP) is 1.45. The van der Waals surface area contributed by atoms with Gasteiger partial charge < -0.3 is 53.2 Å². The minimum atomic E-state index is -0.801. The highest BCUT2D eigenvalue weighted by molar-refractivity contribution is 5.99. The molecule has 292 valence electrons. The number of likely N-dealkylation sites (N-methyl/N-ethyl adjacent to an activating group) is 1. The molecule has 0 spiro atoms. The van der Waals surface area contributed by atoms with E-state index in [1.165, 1.54) is 6.07 Å². The number of carbonyl (C=O) groups excluding carboxylic acids is 6. The zero-order valence-corrected chi connectivity index (χ0v) is 31.7. The molecule has 0 aliphatic carbocycles. The summed E-state index contributed by atoms with van der Waals surface area (Å²) in [7, 11) is 0. The van der Waals surface area contributed by atoms with Crippen molar-refractivity contribution >= 4 is 47.3 Å². The van der Waals surface area contributed by atoms with E-state index in [1.54, 1.807) is 46.8 Å². The highest BCUT2D eigenvalue weighted by atomic mass is 16.5. The van der Waals surface area contributed by atoms with E-state index in [0.717, 1.165) is 6.42 Å². The van der Waals surface area contributed by atoms with E-state index in [2.05, 4.69) is 31.9 Å². The average molecular weight is 727 g/mol. The van der Waals surface area contributed by atoms with Crippen LogP contribution in [0.3, 0.4) is 0 Å². The van der Waals surface area contributed by atoms with Gasteiger partial charge in [-0.3, -0.25) is 28.8 Å². The number of nitrogens with two attached hydrogens (primary N) is 2. The van der Waals surface area contributed by atoms with Gasteiger partial charge in [-0.05, 0) is 31.0 Å². The molecule has 1 aromatic carbocycles. The summed E-state index contributed by atoms with van der Waals surface area (Å²) in [6.45, 7) is 17.8. The van der Waals surface area contributed by atoms with Crippen LogP contribution < -0.4 is 43.4 Å². The number of nitrogens with one attached hydrogen (secondary N) is 6. The van der Waals surface area contributed by atoms with E-state index < -0.39 is 41.7 Å². The normalized spacial score (nSPS) is 10.4. The van der Waals surface area contributed by atoms with Crippen LogP contribution in [0.5, 0.6) is 0 Å². The van der Waals surface area contributed by atoms with Crippen molar-refractivity contribution < 1.29 is 43.4 Å². The lowest BCUT2D eigenvalue weighted by Crippen LogP contribution is -2.52. The fourth-order valence-corrected chi connectivity index (χ4v) is 3.32. The first-order valence-electron chi connectivity index (χ1n) is 17.1. The fraction of sp³-hybridized carbons (Fsp3) is 0.618. The molecule has 0 aliphatic heterocycles. The van der Waals surface area contributed by atoms with E-state index in [9.17, 15) is 33.6 Å². The molecule has 0 saturated heterocycles. The number of carboxylic acid groups (broad SMARTS) is 1. The third-order valence-electron chi connectivity index (χ3n) is 5.99. The molecular formula is C34H62N8O9. The number of rotatable bonds is 18. The molecule has 6 amide bonds. The quantitative estimate of drug-likeness (QED) is 0.0977. The van der Waals surface area contributed by atoms with Crippen LogP contribution in [-0.4, -0.2) is 92.0 Å². The van der Waals surface area contributed by atoms with Crippen molar-refractivity contribution in [2.24, 2.45) is 23.3 Å². The minimum Gasteiger partial charge on any atom is -0.481 e. The maximum absolute atomic E-state index is 12.6. The van der Waals surface area contributed by atoms with Crippen molar-refractivity contribution in [3.63, 3.8) is 0 Å². The molecule has 0 fully saturated rings. The summed E-state index contributed by atoms with van der Waals surface area (Å²) in [6.07, 6.45) is 1.16. The second kappa shape index (κ2) is 31.2. The molecular weight excluding hydrogens is 664 g/mol. The van der Waals surface area contributed by atoms with Crippen LogP contribution in [0, 0.1) is 11.8 Å². The highest BCUT2D eigenvalue weighted by Gasteiger charge is 2.24. The lowest BCUT2D eigenvalue weighted by molar-refractivity contribution is -0.148. The van der Waals surface area contributed by atoms with Gasteiger partial charge in [0.05, 0.1) is 19.0 Å². The maximum atomic E-state index is 12.6. The molecule has 17 nitrogen and oxygen atoms in total. The molecule has 0 radical (unpaired) electrons. The lowest BCUT2D eigenvalue weighted by Gasteiger charge is -2.21. The van der Waals surface area contributed by atoms with Crippen LogP contribution in [0.4, 0.5) is 10.5 Å². The summed E-state index contributed by atoms with van der Waals surface area (Å²) in [4.78, 5) is 80.8. The first-order chi connectivity index (χ1) is 24.0. The SMILES string of the molecule is CC.CCC(=O)O.CCCNC(N)=O.CCNCC(=O)NC(C(=O)NCC(=O)Nc1ccc(COC(=O)C(C)C)c(C(=O)NCCN)c1)C(C)C. The van der Waals surface area contributed by atoms with Gasteiger partial charge in [0.25, 0.3) is 5.91 Å². The fourth-order valence-electron chi connectivity index (χ4n) is 3.32. The van der Waals surface area contributed by atoms with E-state index in [1.807, 2.05) is 27.7 Å². The number of carbonyl (C=O) groups is 7. The summed E-state index contributed by atoms with van der Waals surface area (Å²) in [6, 6.07) is 3.36. The van der Waals surface area contributed by atoms with Gasteiger partial charge in [0.1, 0.15) is 12.6 Å². The number of amides is 6. The van der Waals surface area contributed by atoms with Crippen molar-refractivity contribution in [1.29, 1.82) is 0 Å². The van der Waals surface area contributed by atoms with Gasteiger partial charge in [0.2, 0.25) is 17.7 Å². The standard InChI is InChI=1S/C25H40N6O6.C4H10N2O.C3H6O2.C2H6/c1-6-27-12-20(32)31-22(15(2)3)24(35)29-13-21(33)30-18-8-7-17(14-37-25(36)16(4)5)19(11-18)23(34)28-10-9-26;1-2-3-6-4(5)7;1-2-3(4)5;1-2/h7-8,11,15-16,22,27H,6,9-10,12-14,26H2,1-5H3,(H,28,34)(H,29,35)(H,30,33)(H,31,32);2-3H2,1H3,(H3,5,6,7);2H2,1H3,(H,4,5);1-2H3. The predicted molar refractivity (Wildman–Crippen MR) is 197 cm³/mol.